The molecule has 0 N–H and O–H groups in total. The Hall–Kier alpha value is -2.65. The van der Waals surface area contributed by atoms with Crippen LogP contribution in [0.5, 0.6) is 0 Å². The summed E-state index contributed by atoms with van der Waals surface area (Å²) in [6.45, 7) is 11.6. The Labute approximate surface area is 200 Å². The van der Waals surface area contributed by atoms with Crippen LogP contribution in [0.1, 0.15) is 51.7 Å². The third-order valence-electron chi connectivity index (χ3n) is 6.73. The largest absolute Gasteiger partial charge is 0.341 e. The van der Waals surface area contributed by atoms with E-state index < -0.39 is 0 Å². The summed E-state index contributed by atoms with van der Waals surface area (Å²) in [6, 6.07) is 25.7. The second kappa shape index (κ2) is 12.6. The van der Waals surface area contributed by atoms with Crippen LogP contribution < -0.4 is 0 Å². The third kappa shape index (κ3) is 5.83. The van der Waals surface area contributed by atoms with E-state index in [0.29, 0.717) is 11.8 Å². The lowest BCUT2D eigenvalue weighted by Crippen LogP contribution is -2.53. The summed E-state index contributed by atoms with van der Waals surface area (Å²) in [4.78, 5) is 17.9. The summed E-state index contributed by atoms with van der Waals surface area (Å²) in [6.07, 6.45) is 3.22. The van der Waals surface area contributed by atoms with Crippen LogP contribution in [-0.2, 0) is 17.8 Å². The van der Waals surface area contributed by atoms with Crippen molar-refractivity contribution in [1.82, 2.24) is 9.80 Å². The number of nitrogens with zero attached hydrogens (tertiary/aromatic N) is 2. The fourth-order valence-electron chi connectivity index (χ4n) is 5.16. The first-order chi connectivity index (χ1) is 16.3. The summed E-state index contributed by atoms with van der Waals surface area (Å²) in [5.41, 5.74) is 2.64. The quantitative estimate of drug-likeness (QED) is 0.445. The minimum absolute atomic E-state index is 0.0542. The summed E-state index contributed by atoms with van der Waals surface area (Å²) in [5.74, 6) is 0.861. The predicted octanol–water partition coefficient (Wildman–Crippen LogP) is 6.56. The first-order valence-electron chi connectivity index (χ1n) is 12.8. The molecule has 0 spiro atoms. The van der Waals surface area contributed by atoms with Gasteiger partial charge < -0.3 is 4.90 Å². The van der Waals surface area contributed by atoms with Gasteiger partial charge in [-0.3, -0.25) is 9.69 Å². The molecule has 2 saturated heterocycles. The number of likely N-dealkylation sites (tertiary alicyclic amines) is 2. The lowest BCUT2D eigenvalue weighted by atomic mass is 9.91. The standard InChI is InChI=1S/C26H28N2O.2C2H6/c29-26-25-22(14-17-27(26)16-13-20-7-2-1-3-8-20)15-18-28(25)19-23-11-6-10-21-9-4-5-12-24(21)23;2*1-2/h1-12,22,25H,13-19H2;2*1-2H3/t22-,25?;;/m1../s1. The Morgan fingerprint density at radius 3 is 2.24 bits per heavy atom. The summed E-state index contributed by atoms with van der Waals surface area (Å²) in [7, 11) is 0. The van der Waals surface area contributed by atoms with Gasteiger partial charge in [-0.15, -0.1) is 0 Å². The smallest absolute Gasteiger partial charge is 0.240 e. The van der Waals surface area contributed by atoms with Crippen LogP contribution in [0, 0.1) is 5.92 Å². The Balaban J connectivity index is 0.000000728. The molecule has 0 radical (unpaired) electrons. The van der Waals surface area contributed by atoms with Gasteiger partial charge in [0.25, 0.3) is 0 Å². The maximum absolute atomic E-state index is 13.4. The van der Waals surface area contributed by atoms with E-state index >= 15 is 0 Å². The van der Waals surface area contributed by atoms with E-state index in [2.05, 4.69) is 76.5 Å². The molecule has 2 heterocycles. The molecular weight excluding hydrogens is 404 g/mol. The average molecular weight is 445 g/mol. The van der Waals surface area contributed by atoms with Gasteiger partial charge in [0.05, 0.1) is 6.04 Å². The van der Waals surface area contributed by atoms with Crippen molar-refractivity contribution in [3.63, 3.8) is 0 Å². The van der Waals surface area contributed by atoms with E-state index in [0.717, 1.165) is 45.4 Å². The van der Waals surface area contributed by atoms with Crippen LogP contribution in [0.4, 0.5) is 0 Å². The first-order valence-corrected chi connectivity index (χ1v) is 12.8. The van der Waals surface area contributed by atoms with Gasteiger partial charge in [-0.1, -0.05) is 100 Å². The molecule has 2 fully saturated rings. The molecule has 0 aliphatic carbocycles. The molecule has 3 nitrogen and oxygen atoms in total. The van der Waals surface area contributed by atoms with Crippen LogP contribution in [0.15, 0.2) is 72.8 Å². The number of carbonyl (C=O) groups excluding carboxylic acids is 1. The van der Waals surface area contributed by atoms with E-state index in [-0.39, 0.29) is 6.04 Å². The van der Waals surface area contributed by atoms with Crippen molar-refractivity contribution < 1.29 is 4.79 Å². The maximum atomic E-state index is 13.4. The van der Waals surface area contributed by atoms with Crippen molar-refractivity contribution in [3.05, 3.63) is 83.9 Å². The monoisotopic (exact) mass is 444 g/mol. The highest BCUT2D eigenvalue weighted by molar-refractivity contribution is 5.86. The van der Waals surface area contributed by atoms with Crippen molar-refractivity contribution in [3.8, 4) is 0 Å². The van der Waals surface area contributed by atoms with E-state index in [1.807, 2.05) is 33.8 Å². The van der Waals surface area contributed by atoms with Gasteiger partial charge >= 0.3 is 0 Å². The molecule has 0 bridgehead atoms. The second-order valence-electron chi connectivity index (χ2n) is 8.45. The van der Waals surface area contributed by atoms with Crippen LogP contribution in [0.3, 0.4) is 0 Å². The molecule has 3 heteroatoms. The fraction of sp³-hybridized carbons (Fsp3) is 0.433. The van der Waals surface area contributed by atoms with Gasteiger partial charge in [-0.2, -0.15) is 0 Å². The number of amides is 1. The Morgan fingerprint density at radius 2 is 1.45 bits per heavy atom. The number of benzene rings is 3. The zero-order valence-corrected chi connectivity index (χ0v) is 20.8. The highest BCUT2D eigenvalue weighted by atomic mass is 16.2. The molecule has 3 aromatic carbocycles. The Morgan fingerprint density at radius 1 is 0.788 bits per heavy atom. The van der Waals surface area contributed by atoms with Crippen molar-refractivity contribution in [2.45, 2.75) is 59.5 Å². The molecule has 2 aliphatic rings. The zero-order chi connectivity index (χ0) is 23.6. The topological polar surface area (TPSA) is 23.6 Å². The lowest BCUT2D eigenvalue weighted by Gasteiger charge is -2.38. The molecule has 0 saturated carbocycles. The highest BCUT2D eigenvalue weighted by Crippen LogP contribution is 2.34. The maximum Gasteiger partial charge on any atom is 0.240 e. The Bertz CT molecular complexity index is 995. The van der Waals surface area contributed by atoms with E-state index in [4.69, 9.17) is 0 Å². The Kier molecular flexibility index (Phi) is 9.50. The molecule has 2 aliphatic heterocycles. The van der Waals surface area contributed by atoms with Gasteiger partial charge in [0, 0.05) is 19.6 Å². The van der Waals surface area contributed by atoms with Gasteiger partial charge in [-0.25, -0.2) is 0 Å². The van der Waals surface area contributed by atoms with Crippen molar-refractivity contribution in [1.29, 1.82) is 0 Å². The molecular formula is C30H40N2O. The predicted molar refractivity (Wildman–Crippen MR) is 140 cm³/mol. The molecule has 33 heavy (non-hydrogen) atoms. The minimum Gasteiger partial charge on any atom is -0.341 e. The van der Waals surface area contributed by atoms with Gasteiger partial charge in [0.2, 0.25) is 5.91 Å². The zero-order valence-electron chi connectivity index (χ0n) is 20.8. The molecule has 1 amide bonds. The normalized spacial score (nSPS) is 19.9. The molecule has 2 atom stereocenters. The fourth-order valence-corrected chi connectivity index (χ4v) is 5.16. The first kappa shape index (κ1) is 25.0. The van der Waals surface area contributed by atoms with Gasteiger partial charge in [0.1, 0.15) is 0 Å². The molecule has 5 rings (SSSR count). The molecule has 0 aromatic heterocycles. The average Bonchev–Trinajstić information content (AvgIpc) is 3.30. The number of piperidine rings is 1. The van der Waals surface area contributed by atoms with Crippen molar-refractivity contribution in [2.75, 3.05) is 19.6 Å². The van der Waals surface area contributed by atoms with E-state index in [9.17, 15) is 4.79 Å². The number of rotatable bonds is 5. The molecule has 176 valence electrons. The van der Waals surface area contributed by atoms with Crippen molar-refractivity contribution >= 4 is 16.7 Å². The lowest BCUT2D eigenvalue weighted by molar-refractivity contribution is -0.140. The number of fused-ring (bicyclic) bond motifs is 2. The SMILES string of the molecule is CC.CC.O=C1C2[C@H](CCN1CCc1ccccc1)CCN2Cc1cccc2ccccc12. The molecule has 3 aromatic rings. The minimum atomic E-state index is 0.0542. The highest BCUT2D eigenvalue weighted by Gasteiger charge is 2.44. The van der Waals surface area contributed by atoms with Crippen LogP contribution >= 0.6 is 0 Å². The van der Waals surface area contributed by atoms with Gasteiger partial charge in [-0.05, 0) is 53.6 Å². The number of hydrogen-bond acceptors (Lipinski definition) is 2. The summed E-state index contributed by atoms with van der Waals surface area (Å²) >= 11 is 0. The van der Waals surface area contributed by atoms with E-state index in [1.54, 1.807) is 0 Å². The third-order valence-corrected chi connectivity index (χ3v) is 6.73. The van der Waals surface area contributed by atoms with Crippen LogP contribution in [0.25, 0.3) is 10.8 Å². The van der Waals surface area contributed by atoms with E-state index in [1.165, 1.54) is 21.9 Å². The van der Waals surface area contributed by atoms with Crippen LogP contribution in [-0.4, -0.2) is 41.4 Å². The molecule has 1 unspecified atom stereocenters. The number of carbonyl (C=O) groups is 1. The number of hydrogen-bond donors (Lipinski definition) is 0. The summed E-state index contributed by atoms with van der Waals surface area (Å²) < 4.78 is 0. The van der Waals surface area contributed by atoms with Crippen molar-refractivity contribution in [2.24, 2.45) is 5.92 Å². The summed E-state index contributed by atoms with van der Waals surface area (Å²) in [5, 5.41) is 2.59. The second-order valence-corrected chi connectivity index (χ2v) is 8.45. The van der Waals surface area contributed by atoms with Crippen LogP contribution in [0.2, 0.25) is 0 Å². The van der Waals surface area contributed by atoms with Gasteiger partial charge in [0.15, 0.2) is 0 Å².